The molecule has 0 aromatic heterocycles. The Labute approximate surface area is 130 Å². The van der Waals surface area contributed by atoms with Crippen molar-refractivity contribution in [3.8, 4) is 0 Å². The van der Waals surface area contributed by atoms with Gasteiger partial charge in [0.1, 0.15) is 0 Å². The number of hydrogen-bond donors (Lipinski definition) is 2. The van der Waals surface area contributed by atoms with Crippen molar-refractivity contribution in [2.75, 3.05) is 0 Å². The molecular weight excluding hydrogens is 268 g/mol. The third-order valence-corrected chi connectivity index (χ3v) is 5.21. The Morgan fingerprint density at radius 1 is 1.05 bits per heavy atom. The number of thiol groups is 1. The van der Waals surface area contributed by atoms with Crippen LogP contribution in [0.3, 0.4) is 0 Å². The lowest BCUT2D eigenvalue weighted by atomic mass is 9.58. The Balaban J connectivity index is 2.89. The molecule has 3 heteroatoms. The first-order chi connectivity index (χ1) is 8.93. The summed E-state index contributed by atoms with van der Waals surface area (Å²) in [5.41, 5.74) is 0.207. The minimum absolute atomic E-state index is 0.0178. The van der Waals surface area contributed by atoms with Gasteiger partial charge in [-0.05, 0) is 47.8 Å². The molecular formula is C17H32O2S. The van der Waals surface area contributed by atoms with Gasteiger partial charge in [0.25, 0.3) is 0 Å². The van der Waals surface area contributed by atoms with Crippen LogP contribution >= 0.6 is 12.6 Å². The number of hydrogen-bond acceptors (Lipinski definition) is 2. The first-order valence-electron chi connectivity index (χ1n) is 7.82. The van der Waals surface area contributed by atoms with Crippen molar-refractivity contribution in [2.45, 2.75) is 73.3 Å². The van der Waals surface area contributed by atoms with E-state index >= 15 is 0 Å². The van der Waals surface area contributed by atoms with Gasteiger partial charge in [-0.15, -0.1) is 12.6 Å². The van der Waals surface area contributed by atoms with Crippen LogP contribution in [0.25, 0.3) is 0 Å². The van der Waals surface area contributed by atoms with Gasteiger partial charge in [0, 0.05) is 6.42 Å². The maximum atomic E-state index is 11.1. The highest BCUT2D eigenvalue weighted by molar-refractivity contribution is 7.96. The van der Waals surface area contributed by atoms with E-state index in [9.17, 15) is 9.90 Å². The zero-order valence-corrected chi connectivity index (χ0v) is 14.8. The van der Waals surface area contributed by atoms with E-state index in [1.54, 1.807) is 0 Å². The Morgan fingerprint density at radius 3 is 1.75 bits per heavy atom. The van der Waals surface area contributed by atoms with Gasteiger partial charge in [0.2, 0.25) is 0 Å². The number of aliphatic hydroxyl groups excluding tert-OH is 1. The highest BCUT2D eigenvalue weighted by atomic mass is 32.1. The van der Waals surface area contributed by atoms with Gasteiger partial charge in [0.15, 0.2) is 5.12 Å². The molecule has 1 N–H and O–H groups in total. The van der Waals surface area contributed by atoms with Crippen LogP contribution in [0.4, 0.5) is 0 Å². The van der Waals surface area contributed by atoms with Crippen LogP contribution in [0, 0.1) is 28.6 Å². The summed E-state index contributed by atoms with van der Waals surface area (Å²) in [5, 5.41) is 10.8. The van der Waals surface area contributed by atoms with Crippen LogP contribution < -0.4 is 0 Å². The van der Waals surface area contributed by atoms with Crippen LogP contribution in [0.5, 0.6) is 0 Å². The molecule has 0 bridgehead atoms. The third-order valence-electron chi connectivity index (χ3n) is 4.99. The van der Waals surface area contributed by atoms with Crippen molar-refractivity contribution in [2.24, 2.45) is 28.6 Å². The SMILES string of the molecule is CC(C)(C)C1CC(CCC(=O)S)C[C@@H](C(C)(C)C)C1O. The normalized spacial score (nSPS) is 32.2. The summed E-state index contributed by atoms with van der Waals surface area (Å²) in [6, 6.07) is 0. The first kappa shape index (κ1) is 18.0. The quantitative estimate of drug-likeness (QED) is 0.762. The minimum atomic E-state index is -0.238. The van der Waals surface area contributed by atoms with Crippen molar-refractivity contribution in [1.82, 2.24) is 0 Å². The lowest BCUT2D eigenvalue weighted by Gasteiger charge is -2.49. The lowest BCUT2D eigenvalue weighted by molar-refractivity contribution is -0.111. The Kier molecular flexibility index (Phi) is 5.76. The highest BCUT2D eigenvalue weighted by Crippen LogP contribution is 2.49. The van der Waals surface area contributed by atoms with Crippen LogP contribution in [0.1, 0.15) is 67.2 Å². The molecule has 3 unspecified atom stereocenters. The molecule has 0 spiro atoms. The zero-order chi connectivity index (χ0) is 15.7. The molecule has 118 valence electrons. The molecule has 0 radical (unpaired) electrons. The molecule has 1 aliphatic rings. The van der Waals surface area contributed by atoms with E-state index in [0.717, 1.165) is 19.3 Å². The average molecular weight is 301 g/mol. The number of aliphatic hydroxyl groups is 1. The molecule has 0 aromatic carbocycles. The number of carbonyl (C=O) groups excluding carboxylic acids is 1. The fourth-order valence-corrected chi connectivity index (χ4v) is 3.80. The molecule has 2 nitrogen and oxygen atoms in total. The topological polar surface area (TPSA) is 37.3 Å². The molecule has 0 aromatic rings. The molecule has 1 aliphatic carbocycles. The standard InChI is InChI=1S/C17H32O2S/c1-16(2,3)12-9-11(7-8-14(18)20)10-13(15(12)19)17(4,5)6/h11-13,15,19H,7-10H2,1-6H3,(H,18,20)/t11?,12-,13?,15?/m1/s1. The van der Waals surface area contributed by atoms with Crippen molar-refractivity contribution >= 4 is 17.7 Å². The number of carbonyl (C=O) groups is 1. The van der Waals surface area contributed by atoms with E-state index < -0.39 is 0 Å². The van der Waals surface area contributed by atoms with Gasteiger partial charge in [-0.1, -0.05) is 41.5 Å². The second kappa shape index (κ2) is 6.39. The van der Waals surface area contributed by atoms with Crippen molar-refractivity contribution in [1.29, 1.82) is 0 Å². The molecule has 20 heavy (non-hydrogen) atoms. The largest absolute Gasteiger partial charge is 0.393 e. The van der Waals surface area contributed by atoms with Gasteiger partial charge >= 0.3 is 0 Å². The molecule has 1 fully saturated rings. The minimum Gasteiger partial charge on any atom is -0.393 e. The van der Waals surface area contributed by atoms with Crippen LogP contribution in [-0.4, -0.2) is 16.3 Å². The van der Waals surface area contributed by atoms with E-state index in [1.165, 1.54) is 0 Å². The number of rotatable bonds is 3. The highest BCUT2D eigenvalue weighted by Gasteiger charge is 2.45. The summed E-state index contributed by atoms with van der Waals surface area (Å²) in [7, 11) is 0. The molecule has 0 aliphatic heterocycles. The predicted molar refractivity (Wildman–Crippen MR) is 87.8 cm³/mol. The van der Waals surface area contributed by atoms with Gasteiger partial charge in [-0.3, -0.25) is 4.79 Å². The summed E-state index contributed by atoms with van der Waals surface area (Å²) in [4.78, 5) is 11.1. The Bertz CT molecular complexity index is 314. The zero-order valence-electron chi connectivity index (χ0n) is 13.9. The molecule has 0 saturated heterocycles. The maximum absolute atomic E-state index is 11.1. The van der Waals surface area contributed by atoms with Crippen molar-refractivity contribution < 1.29 is 9.90 Å². The Hall–Kier alpha value is -0.0200. The van der Waals surface area contributed by atoms with E-state index in [0.29, 0.717) is 24.2 Å². The lowest BCUT2D eigenvalue weighted by Crippen LogP contribution is -2.47. The molecule has 1 rings (SSSR count). The van der Waals surface area contributed by atoms with Crippen LogP contribution in [-0.2, 0) is 4.79 Å². The predicted octanol–water partition coefficient (Wildman–Crippen LogP) is 4.32. The monoisotopic (exact) mass is 300 g/mol. The fraction of sp³-hybridized carbons (Fsp3) is 0.941. The van der Waals surface area contributed by atoms with Crippen molar-refractivity contribution in [3.63, 3.8) is 0 Å². The van der Waals surface area contributed by atoms with E-state index in [4.69, 9.17) is 0 Å². The summed E-state index contributed by atoms with van der Waals surface area (Å²) in [6.45, 7) is 13.3. The Morgan fingerprint density at radius 2 is 1.45 bits per heavy atom. The summed E-state index contributed by atoms with van der Waals surface area (Å²) < 4.78 is 0. The molecule has 0 amide bonds. The first-order valence-corrected chi connectivity index (χ1v) is 8.27. The van der Waals surface area contributed by atoms with Crippen molar-refractivity contribution in [3.05, 3.63) is 0 Å². The average Bonchev–Trinajstić information content (AvgIpc) is 2.24. The second-order valence-electron chi connectivity index (χ2n) is 8.71. The summed E-state index contributed by atoms with van der Waals surface area (Å²) in [6.07, 6.45) is 3.28. The van der Waals surface area contributed by atoms with Crippen LogP contribution in [0.15, 0.2) is 0 Å². The maximum Gasteiger partial charge on any atom is 0.185 e. The van der Waals surface area contributed by atoms with Crippen LogP contribution in [0.2, 0.25) is 0 Å². The van der Waals surface area contributed by atoms with Gasteiger partial charge < -0.3 is 5.11 Å². The van der Waals surface area contributed by atoms with E-state index in [2.05, 4.69) is 54.2 Å². The molecule has 1 saturated carbocycles. The third kappa shape index (κ3) is 4.77. The summed E-state index contributed by atoms with van der Waals surface area (Å²) >= 11 is 3.89. The smallest absolute Gasteiger partial charge is 0.185 e. The summed E-state index contributed by atoms with van der Waals surface area (Å²) in [5.74, 6) is 1.14. The second-order valence-corrected chi connectivity index (χ2v) is 9.20. The van der Waals surface area contributed by atoms with Gasteiger partial charge in [0.05, 0.1) is 6.10 Å². The van der Waals surface area contributed by atoms with Gasteiger partial charge in [-0.25, -0.2) is 0 Å². The molecule has 4 atom stereocenters. The van der Waals surface area contributed by atoms with Gasteiger partial charge in [-0.2, -0.15) is 0 Å². The van der Waals surface area contributed by atoms with E-state index in [1.807, 2.05) is 0 Å². The van der Waals surface area contributed by atoms with E-state index in [-0.39, 0.29) is 22.0 Å². The fourth-order valence-electron chi connectivity index (χ4n) is 3.67. The molecule has 0 heterocycles.